The van der Waals surface area contributed by atoms with E-state index in [0.29, 0.717) is 17.7 Å². The Morgan fingerprint density at radius 1 is 1.06 bits per heavy atom. The third kappa shape index (κ3) is 5.03. The number of aromatic amines is 1. The number of nitrogens with one attached hydrogen (secondary N) is 1. The van der Waals surface area contributed by atoms with Crippen LogP contribution in [0, 0.1) is 5.92 Å². The van der Waals surface area contributed by atoms with Crippen LogP contribution in [-0.4, -0.2) is 16.1 Å². The summed E-state index contributed by atoms with van der Waals surface area (Å²) in [5.41, 5.74) is 2.59. The van der Waals surface area contributed by atoms with Gasteiger partial charge in [0.2, 0.25) is 0 Å². The van der Waals surface area contributed by atoms with Gasteiger partial charge in [0.15, 0.2) is 0 Å². The molecule has 1 heterocycles. The van der Waals surface area contributed by atoms with Crippen LogP contribution < -0.4 is 4.74 Å². The molecule has 7 heteroatoms. The molecule has 0 radical (unpaired) electrons. The number of benzene rings is 3. The van der Waals surface area contributed by atoms with Crippen molar-refractivity contribution >= 4 is 16.9 Å². The van der Waals surface area contributed by atoms with Gasteiger partial charge in [0.1, 0.15) is 12.4 Å². The monoisotopic (exact) mass is 453 g/mol. The van der Waals surface area contributed by atoms with Crippen molar-refractivity contribution in [1.29, 1.82) is 0 Å². The van der Waals surface area contributed by atoms with Gasteiger partial charge in [0.25, 0.3) is 0 Å². The first-order chi connectivity index (χ1) is 15.7. The van der Waals surface area contributed by atoms with Crippen molar-refractivity contribution in [3.8, 4) is 16.9 Å². The van der Waals surface area contributed by atoms with Crippen LogP contribution in [0.5, 0.6) is 5.75 Å². The van der Waals surface area contributed by atoms with Crippen molar-refractivity contribution in [2.24, 2.45) is 5.92 Å². The minimum atomic E-state index is -4.47. The highest BCUT2D eigenvalue weighted by molar-refractivity contribution is 5.86. The topological polar surface area (TPSA) is 62.3 Å². The fourth-order valence-corrected chi connectivity index (χ4v) is 3.80. The number of carboxylic acids is 1. The fraction of sp³-hybridized carbons (Fsp3) is 0.192. The van der Waals surface area contributed by atoms with Crippen LogP contribution in [0.3, 0.4) is 0 Å². The SMILES string of the molecule is CC(Cc1ccc(OCc2ccccc2C(F)(F)F)c(-c2ccc3[nH]ccc3c2)c1)C(=O)O. The van der Waals surface area contributed by atoms with Crippen molar-refractivity contribution in [3.63, 3.8) is 0 Å². The number of carboxylic acid groups (broad SMARTS) is 1. The normalized spacial score (nSPS) is 12.6. The van der Waals surface area contributed by atoms with E-state index in [1.54, 1.807) is 25.1 Å². The van der Waals surface area contributed by atoms with Gasteiger partial charge in [-0.25, -0.2) is 0 Å². The van der Waals surface area contributed by atoms with Crippen LogP contribution in [0.1, 0.15) is 23.6 Å². The minimum Gasteiger partial charge on any atom is -0.488 e. The Kier molecular flexibility index (Phi) is 6.14. The number of halogens is 3. The van der Waals surface area contributed by atoms with E-state index in [1.165, 1.54) is 12.1 Å². The maximum absolute atomic E-state index is 13.4. The van der Waals surface area contributed by atoms with Gasteiger partial charge in [-0.1, -0.05) is 37.3 Å². The summed E-state index contributed by atoms with van der Waals surface area (Å²) in [5, 5.41) is 10.2. The summed E-state index contributed by atoms with van der Waals surface area (Å²) >= 11 is 0. The Morgan fingerprint density at radius 2 is 1.85 bits per heavy atom. The zero-order chi connectivity index (χ0) is 23.6. The van der Waals surface area contributed by atoms with Crippen molar-refractivity contribution in [1.82, 2.24) is 4.98 Å². The smallest absolute Gasteiger partial charge is 0.416 e. The van der Waals surface area contributed by atoms with Crippen LogP contribution in [0.25, 0.3) is 22.0 Å². The van der Waals surface area contributed by atoms with Gasteiger partial charge in [-0.05, 0) is 59.3 Å². The van der Waals surface area contributed by atoms with Gasteiger partial charge in [-0.15, -0.1) is 0 Å². The van der Waals surface area contributed by atoms with Crippen molar-refractivity contribution < 1.29 is 27.8 Å². The lowest BCUT2D eigenvalue weighted by molar-refractivity contribution is -0.141. The van der Waals surface area contributed by atoms with Gasteiger partial charge < -0.3 is 14.8 Å². The molecule has 0 bridgehead atoms. The minimum absolute atomic E-state index is 0.0422. The molecule has 4 rings (SSSR count). The molecule has 170 valence electrons. The van der Waals surface area contributed by atoms with Gasteiger partial charge in [0.05, 0.1) is 11.5 Å². The summed E-state index contributed by atoms with van der Waals surface area (Å²) in [7, 11) is 0. The number of alkyl halides is 3. The van der Waals surface area contributed by atoms with E-state index in [1.807, 2.05) is 36.5 Å². The Hall–Kier alpha value is -3.74. The van der Waals surface area contributed by atoms with Gasteiger partial charge in [0, 0.05) is 22.8 Å². The summed E-state index contributed by atoms with van der Waals surface area (Å²) in [5.74, 6) is -1.04. The Balaban J connectivity index is 1.70. The number of rotatable bonds is 7. The number of fused-ring (bicyclic) bond motifs is 1. The number of H-pyrrole nitrogens is 1. The summed E-state index contributed by atoms with van der Waals surface area (Å²) < 4.78 is 46.0. The molecular formula is C26H22F3NO3. The molecule has 0 aliphatic heterocycles. The first-order valence-electron chi connectivity index (χ1n) is 10.4. The maximum atomic E-state index is 13.4. The molecule has 3 aromatic carbocycles. The highest BCUT2D eigenvalue weighted by atomic mass is 19.4. The van der Waals surface area contributed by atoms with E-state index in [9.17, 15) is 23.1 Å². The molecule has 4 aromatic rings. The average molecular weight is 453 g/mol. The number of hydrogen-bond donors (Lipinski definition) is 2. The molecule has 0 amide bonds. The van der Waals surface area contributed by atoms with E-state index in [2.05, 4.69) is 4.98 Å². The fourth-order valence-electron chi connectivity index (χ4n) is 3.80. The van der Waals surface area contributed by atoms with Crippen molar-refractivity contribution in [3.05, 3.63) is 89.6 Å². The second-order valence-corrected chi connectivity index (χ2v) is 8.00. The highest BCUT2D eigenvalue weighted by Gasteiger charge is 2.33. The maximum Gasteiger partial charge on any atom is 0.416 e. The predicted molar refractivity (Wildman–Crippen MR) is 120 cm³/mol. The number of carbonyl (C=O) groups is 1. The third-order valence-corrected chi connectivity index (χ3v) is 5.58. The van der Waals surface area contributed by atoms with Crippen LogP contribution in [-0.2, 0) is 24.0 Å². The van der Waals surface area contributed by atoms with E-state index < -0.39 is 23.6 Å². The first-order valence-corrected chi connectivity index (χ1v) is 10.4. The third-order valence-electron chi connectivity index (χ3n) is 5.58. The lowest BCUT2D eigenvalue weighted by atomic mass is 9.96. The van der Waals surface area contributed by atoms with E-state index in [0.717, 1.165) is 28.1 Å². The summed E-state index contributed by atoms with van der Waals surface area (Å²) in [6.45, 7) is 1.38. The molecule has 0 saturated carbocycles. The molecule has 0 spiro atoms. The molecule has 0 fully saturated rings. The van der Waals surface area contributed by atoms with E-state index in [4.69, 9.17) is 4.74 Å². The van der Waals surface area contributed by atoms with E-state index in [-0.39, 0.29) is 12.2 Å². The molecule has 33 heavy (non-hydrogen) atoms. The van der Waals surface area contributed by atoms with Crippen molar-refractivity contribution in [2.75, 3.05) is 0 Å². The molecule has 0 saturated heterocycles. The molecule has 1 aromatic heterocycles. The number of hydrogen-bond acceptors (Lipinski definition) is 2. The summed E-state index contributed by atoms with van der Waals surface area (Å²) in [6, 6.07) is 18.3. The molecule has 0 aliphatic rings. The van der Waals surface area contributed by atoms with Gasteiger partial charge in [-0.2, -0.15) is 13.2 Å². The second-order valence-electron chi connectivity index (χ2n) is 8.00. The quantitative estimate of drug-likeness (QED) is 0.327. The largest absolute Gasteiger partial charge is 0.488 e. The lowest BCUT2D eigenvalue weighted by Gasteiger charge is -2.17. The highest BCUT2D eigenvalue weighted by Crippen LogP contribution is 2.36. The lowest BCUT2D eigenvalue weighted by Crippen LogP contribution is -2.12. The summed E-state index contributed by atoms with van der Waals surface area (Å²) in [6.07, 6.45) is -2.32. The van der Waals surface area contributed by atoms with E-state index >= 15 is 0 Å². The summed E-state index contributed by atoms with van der Waals surface area (Å²) in [4.78, 5) is 14.4. The Bertz CT molecular complexity index is 1290. The standard InChI is InChI=1S/C26H22F3NO3/c1-16(25(31)32)12-17-6-9-24(33-15-20-4-2-3-5-22(20)26(27,28)29)21(13-17)18-7-8-23-19(14-18)10-11-30-23/h2-11,13-14,16,30H,12,15H2,1H3,(H,31,32). The van der Waals surface area contributed by atoms with Gasteiger partial charge >= 0.3 is 12.1 Å². The zero-order valence-corrected chi connectivity index (χ0v) is 17.8. The van der Waals surface area contributed by atoms with Crippen LogP contribution in [0.15, 0.2) is 72.9 Å². The zero-order valence-electron chi connectivity index (χ0n) is 17.8. The average Bonchev–Trinajstić information content (AvgIpc) is 3.25. The molecular weight excluding hydrogens is 431 g/mol. The van der Waals surface area contributed by atoms with Crippen LogP contribution in [0.4, 0.5) is 13.2 Å². The predicted octanol–water partition coefficient (Wildman–Crippen LogP) is 6.70. The number of aromatic nitrogens is 1. The second kappa shape index (κ2) is 9.02. The molecule has 0 aliphatic carbocycles. The van der Waals surface area contributed by atoms with Crippen molar-refractivity contribution in [2.45, 2.75) is 26.1 Å². The number of ether oxygens (including phenoxy) is 1. The first kappa shape index (κ1) is 22.5. The van der Waals surface area contributed by atoms with Gasteiger partial charge in [-0.3, -0.25) is 4.79 Å². The molecule has 2 N–H and O–H groups in total. The van der Waals surface area contributed by atoms with Crippen LogP contribution >= 0.6 is 0 Å². The molecule has 4 nitrogen and oxygen atoms in total. The molecule has 1 unspecified atom stereocenters. The Morgan fingerprint density at radius 3 is 2.61 bits per heavy atom. The number of aliphatic carboxylic acids is 1. The molecule has 1 atom stereocenters. The van der Waals surface area contributed by atoms with Crippen LogP contribution in [0.2, 0.25) is 0 Å². The Labute approximate surface area is 188 Å².